The highest BCUT2D eigenvalue weighted by atomic mass is 16.4. The van der Waals surface area contributed by atoms with Gasteiger partial charge in [-0.3, -0.25) is 4.79 Å². The van der Waals surface area contributed by atoms with E-state index in [2.05, 4.69) is 15.6 Å². The first-order chi connectivity index (χ1) is 11.0. The molecule has 0 saturated carbocycles. The van der Waals surface area contributed by atoms with Gasteiger partial charge in [-0.25, -0.2) is 4.68 Å². The molecule has 0 fully saturated rings. The zero-order valence-electron chi connectivity index (χ0n) is 13.9. The molecule has 6 nitrogen and oxygen atoms in total. The highest BCUT2D eigenvalue weighted by Crippen LogP contribution is 2.25. The van der Waals surface area contributed by atoms with Gasteiger partial charge in [0.1, 0.15) is 0 Å². The number of rotatable bonds is 8. The number of nitrogens with one attached hydrogen (secondary N) is 1. The minimum Gasteiger partial charge on any atom is -0.481 e. The van der Waals surface area contributed by atoms with Gasteiger partial charge in [-0.15, -0.1) is 5.10 Å². The summed E-state index contributed by atoms with van der Waals surface area (Å²) in [5, 5.41) is 20.9. The molecule has 0 radical (unpaired) electrons. The summed E-state index contributed by atoms with van der Waals surface area (Å²) in [6, 6.07) is 7.97. The number of benzene rings is 1. The van der Waals surface area contributed by atoms with Crippen molar-refractivity contribution in [2.45, 2.75) is 40.2 Å². The van der Waals surface area contributed by atoms with Crippen LogP contribution in [0.5, 0.6) is 0 Å². The quantitative estimate of drug-likeness (QED) is 0.782. The average molecular weight is 316 g/mol. The summed E-state index contributed by atoms with van der Waals surface area (Å²) in [5.74, 6) is -0.751. The zero-order chi connectivity index (χ0) is 16.9. The van der Waals surface area contributed by atoms with Gasteiger partial charge in [-0.1, -0.05) is 37.3 Å². The third-order valence-corrected chi connectivity index (χ3v) is 4.48. The first-order valence-electron chi connectivity index (χ1n) is 7.93. The van der Waals surface area contributed by atoms with E-state index in [-0.39, 0.29) is 0 Å². The maximum Gasteiger partial charge on any atom is 0.310 e. The van der Waals surface area contributed by atoms with Crippen molar-refractivity contribution in [3.8, 4) is 5.69 Å². The molecule has 0 aliphatic carbocycles. The lowest BCUT2D eigenvalue weighted by Gasteiger charge is -2.26. The predicted octanol–water partition coefficient (Wildman–Crippen LogP) is 2.56. The molecule has 0 unspecified atom stereocenters. The molecule has 0 aliphatic rings. The fraction of sp³-hybridized carbons (Fsp3) is 0.471. The number of para-hydroxylation sites is 1. The highest BCUT2D eigenvalue weighted by Gasteiger charge is 2.34. The Balaban J connectivity index is 2.00. The number of aromatic nitrogens is 3. The standard InChI is InChI=1S/C17H24N4O2/c1-4-17(5-2,16(22)23)12-18-10-14-11-21(20-19-14)15-9-7-6-8-13(15)3/h6-9,11,18H,4-5,10,12H2,1-3H3,(H,22,23). The van der Waals surface area contributed by atoms with E-state index in [9.17, 15) is 9.90 Å². The van der Waals surface area contributed by atoms with Gasteiger partial charge in [0.15, 0.2) is 0 Å². The Morgan fingerprint density at radius 2 is 2.00 bits per heavy atom. The van der Waals surface area contributed by atoms with Crippen LogP contribution >= 0.6 is 0 Å². The Labute approximate surface area is 136 Å². The predicted molar refractivity (Wildman–Crippen MR) is 88.5 cm³/mol. The topological polar surface area (TPSA) is 80.0 Å². The van der Waals surface area contributed by atoms with Crippen molar-refractivity contribution in [2.75, 3.05) is 6.54 Å². The van der Waals surface area contributed by atoms with Crippen LogP contribution in [0.15, 0.2) is 30.5 Å². The largest absolute Gasteiger partial charge is 0.481 e. The number of aliphatic carboxylic acids is 1. The van der Waals surface area contributed by atoms with Gasteiger partial charge in [0.2, 0.25) is 0 Å². The maximum atomic E-state index is 11.5. The van der Waals surface area contributed by atoms with Crippen LogP contribution in [-0.4, -0.2) is 32.6 Å². The summed E-state index contributed by atoms with van der Waals surface area (Å²) >= 11 is 0. The molecule has 23 heavy (non-hydrogen) atoms. The normalized spacial score (nSPS) is 11.6. The number of hydrogen-bond acceptors (Lipinski definition) is 4. The maximum absolute atomic E-state index is 11.5. The van der Waals surface area contributed by atoms with Gasteiger partial charge >= 0.3 is 5.97 Å². The molecule has 0 saturated heterocycles. The molecule has 124 valence electrons. The fourth-order valence-electron chi connectivity index (χ4n) is 2.63. The van der Waals surface area contributed by atoms with Crippen molar-refractivity contribution in [3.05, 3.63) is 41.7 Å². The van der Waals surface area contributed by atoms with Crippen LogP contribution in [-0.2, 0) is 11.3 Å². The molecule has 2 aromatic rings. The van der Waals surface area contributed by atoms with Crippen molar-refractivity contribution in [1.29, 1.82) is 0 Å². The first kappa shape index (κ1) is 17.1. The van der Waals surface area contributed by atoms with E-state index >= 15 is 0 Å². The van der Waals surface area contributed by atoms with E-state index in [0.717, 1.165) is 16.9 Å². The number of aryl methyl sites for hydroxylation is 1. The van der Waals surface area contributed by atoms with E-state index in [4.69, 9.17) is 0 Å². The molecule has 2 N–H and O–H groups in total. The molecule has 0 atom stereocenters. The summed E-state index contributed by atoms with van der Waals surface area (Å²) in [6.07, 6.45) is 3.07. The average Bonchev–Trinajstić information content (AvgIpc) is 3.00. The van der Waals surface area contributed by atoms with E-state index in [1.165, 1.54) is 0 Å². The minimum atomic E-state index is -0.751. The summed E-state index contributed by atoms with van der Waals surface area (Å²) < 4.78 is 1.75. The number of carboxylic acid groups (broad SMARTS) is 1. The van der Waals surface area contributed by atoms with Gasteiger partial charge in [0.25, 0.3) is 0 Å². The van der Waals surface area contributed by atoms with Crippen molar-refractivity contribution in [2.24, 2.45) is 5.41 Å². The Morgan fingerprint density at radius 3 is 2.61 bits per heavy atom. The van der Waals surface area contributed by atoms with Crippen molar-refractivity contribution in [1.82, 2.24) is 20.3 Å². The monoisotopic (exact) mass is 316 g/mol. The molecule has 1 aromatic heterocycles. The number of nitrogens with zero attached hydrogens (tertiary/aromatic N) is 3. The SMILES string of the molecule is CCC(CC)(CNCc1cn(-c2ccccc2C)nn1)C(=O)O. The highest BCUT2D eigenvalue weighted by molar-refractivity contribution is 5.74. The van der Waals surface area contributed by atoms with Crippen molar-refractivity contribution >= 4 is 5.97 Å². The fourth-order valence-corrected chi connectivity index (χ4v) is 2.63. The second kappa shape index (κ2) is 7.37. The smallest absolute Gasteiger partial charge is 0.310 e. The van der Waals surface area contributed by atoms with E-state index in [1.54, 1.807) is 4.68 Å². The molecular formula is C17H24N4O2. The molecule has 0 spiro atoms. The molecule has 0 amide bonds. The molecule has 2 rings (SSSR count). The van der Waals surface area contributed by atoms with Crippen LogP contribution in [0.3, 0.4) is 0 Å². The summed E-state index contributed by atoms with van der Waals surface area (Å²) in [7, 11) is 0. The molecule has 1 aromatic carbocycles. The van der Waals surface area contributed by atoms with Crippen LogP contribution in [0.2, 0.25) is 0 Å². The van der Waals surface area contributed by atoms with Gasteiger partial charge in [0.05, 0.1) is 23.0 Å². The second-order valence-electron chi connectivity index (χ2n) is 5.84. The second-order valence-corrected chi connectivity index (χ2v) is 5.84. The Morgan fingerprint density at radius 1 is 1.30 bits per heavy atom. The molecular weight excluding hydrogens is 292 g/mol. The first-order valence-corrected chi connectivity index (χ1v) is 7.93. The summed E-state index contributed by atoms with van der Waals surface area (Å²) in [6.45, 7) is 6.77. The zero-order valence-corrected chi connectivity index (χ0v) is 13.9. The van der Waals surface area contributed by atoms with Crippen LogP contribution in [0.25, 0.3) is 5.69 Å². The summed E-state index contributed by atoms with van der Waals surface area (Å²) in [5.41, 5.74) is 2.19. The molecule has 0 bridgehead atoms. The molecule has 6 heteroatoms. The van der Waals surface area contributed by atoms with Gasteiger partial charge in [-0.05, 0) is 31.4 Å². The van der Waals surface area contributed by atoms with Crippen molar-refractivity contribution in [3.63, 3.8) is 0 Å². The van der Waals surface area contributed by atoms with Gasteiger partial charge < -0.3 is 10.4 Å². The van der Waals surface area contributed by atoms with Crippen molar-refractivity contribution < 1.29 is 9.90 Å². The van der Waals surface area contributed by atoms with Gasteiger partial charge in [0, 0.05) is 13.1 Å². The Bertz CT molecular complexity index is 662. The molecule has 1 heterocycles. The third kappa shape index (κ3) is 3.76. The lowest BCUT2D eigenvalue weighted by atomic mass is 9.82. The lowest BCUT2D eigenvalue weighted by Crippen LogP contribution is -2.40. The van der Waals surface area contributed by atoms with Crippen LogP contribution < -0.4 is 5.32 Å². The van der Waals surface area contributed by atoms with Crippen LogP contribution in [0, 0.1) is 12.3 Å². The van der Waals surface area contributed by atoms with E-state index in [0.29, 0.717) is 25.9 Å². The van der Waals surface area contributed by atoms with Crippen LogP contribution in [0.1, 0.15) is 37.9 Å². The number of hydrogen-bond donors (Lipinski definition) is 2. The summed E-state index contributed by atoms with van der Waals surface area (Å²) in [4.78, 5) is 11.5. The number of carbonyl (C=O) groups is 1. The van der Waals surface area contributed by atoms with E-state index in [1.807, 2.05) is 51.2 Å². The van der Waals surface area contributed by atoms with E-state index < -0.39 is 11.4 Å². The minimum absolute atomic E-state index is 0.423. The lowest BCUT2D eigenvalue weighted by molar-refractivity contribution is -0.149. The Hall–Kier alpha value is -2.21. The third-order valence-electron chi connectivity index (χ3n) is 4.48. The van der Waals surface area contributed by atoms with Gasteiger partial charge in [-0.2, -0.15) is 0 Å². The number of carboxylic acids is 1. The molecule has 0 aliphatic heterocycles. The van der Waals surface area contributed by atoms with Crippen LogP contribution in [0.4, 0.5) is 0 Å². The Kier molecular flexibility index (Phi) is 5.50.